The molecule has 4 nitrogen and oxygen atoms in total. The zero-order chi connectivity index (χ0) is 14.5. The number of nitrogens with two attached hydrogens (primary N) is 1. The lowest BCUT2D eigenvalue weighted by molar-refractivity contribution is 0.232. The Bertz CT molecular complexity index is 544. The van der Waals surface area contributed by atoms with Crippen molar-refractivity contribution in [2.45, 2.75) is 26.8 Å². The third-order valence-corrected chi connectivity index (χ3v) is 3.51. The summed E-state index contributed by atoms with van der Waals surface area (Å²) < 4.78 is 1.97. The van der Waals surface area contributed by atoms with E-state index in [9.17, 15) is 0 Å². The van der Waals surface area contributed by atoms with Gasteiger partial charge < -0.3 is 5.73 Å². The molecule has 0 bridgehead atoms. The molecule has 0 aliphatic carbocycles. The molecule has 2 N–H and O–H groups in total. The van der Waals surface area contributed by atoms with Crippen LogP contribution in [0, 0.1) is 5.92 Å². The maximum absolute atomic E-state index is 5.65. The maximum atomic E-state index is 5.65. The first kappa shape index (κ1) is 15.0. The van der Waals surface area contributed by atoms with Gasteiger partial charge >= 0.3 is 0 Å². The predicted octanol–water partition coefficient (Wildman–Crippen LogP) is 2.38. The monoisotopic (exact) mass is 274 g/mol. The number of nitrogens with zero attached hydrogens (tertiary/aromatic N) is 3. The van der Waals surface area contributed by atoms with Gasteiger partial charge in [-0.05, 0) is 31.5 Å². The topological polar surface area (TPSA) is 47.1 Å². The van der Waals surface area contributed by atoms with Crippen molar-refractivity contribution < 1.29 is 0 Å². The Hall–Kier alpha value is -1.39. The summed E-state index contributed by atoms with van der Waals surface area (Å²) in [4.78, 5) is 2.46. The molecule has 0 atom stereocenters. The van der Waals surface area contributed by atoms with Crippen LogP contribution in [0.15, 0.2) is 24.3 Å². The summed E-state index contributed by atoms with van der Waals surface area (Å²) in [5.74, 6) is 0.655. The Kier molecular flexibility index (Phi) is 5.15. The van der Waals surface area contributed by atoms with Crippen molar-refractivity contribution in [2.24, 2.45) is 18.7 Å². The third kappa shape index (κ3) is 3.58. The summed E-state index contributed by atoms with van der Waals surface area (Å²) in [7, 11) is 2.01. The average molecular weight is 274 g/mol. The normalized spacial score (nSPS) is 11.9. The fraction of sp³-hybridized carbons (Fsp3) is 0.562. The van der Waals surface area contributed by atoms with Gasteiger partial charge in [-0.25, -0.2) is 0 Å². The van der Waals surface area contributed by atoms with Crippen molar-refractivity contribution in [3.8, 4) is 0 Å². The summed E-state index contributed by atoms with van der Waals surface area (Å²) in [6.45, 7) is 8.29. The van der Waals surface area contributed by atoms with E-state index in [-0.39, 0.29) is 0 Å². The van der Waals surface area contributed by atoms with E-state index in [1.165, 1.54) is 16.6 Å². The molecule has 110 valence electrons. The summed E-state index contributed by atoms with van der Waals surface area (Å²) in [6, 6.07) is 8.43. The molecule has 0 fully saturated rings. The van der Waals surface area contributed by atoms with E-state index < -0.39 is 0 Å². The quantitative estimate of drug-likeness (QED) is 0.843. The molecule has 0 saturated carbocycles. The van der Waals surface area contributed by atoms with Crippen LogP contribution in [0.5, 0.6) is 0 Å². The first-order chi connectivity index (χ1) is 9.61. The second-order valence-electron chi connectivity index (χ2n) is 5.86. The zero-order valence-electron chi connectivity index (χ0n) is 12.8. The first-order valence-electron chi connectivity index (χ1n) is 7.45. The van der Waals surface area contributed by atoms with Crippen molar-refractivity contribution in [1.82, 2.24) is 14.7 Å². The highest BCUT2D eigenvalue weighted by atomic mass is 15.3. The smallest absolute Gasteiger partial charge is 0.0843 e. The Balaban J connectivity index is 2.19. The highest BCUT2D eigenvalue weighted by Gasteiger charge is 2.13. The lowest BCUT2D eigenvalue weighted by Gasteiger charge is -2.23. The Morgan fingerprint density at radius 3 is 2.75 bits per heavy atom. The van der Waals surface area contributed by atoms with Gasteiger partial charge in [-0.2, -0.15) is 5.10 Å². The van der Waals surface area contributed by atoms with Gasteiger partial charge in [0.1, 0.15) is 0 Å². The summed E-state index contributed by atoms with van der Waals surface area (Å²) in [5, 5.41) is 5.95. The third-order valence-electron chi connectivity index (χ3n) is 3.51. The van der Waals surface area contributed by atoms with Gasteiger partial charge in [0.2, 0.25) is 0 Å². The van der Waals surface area contributed by atoms with Gasteiger partial charge in [-0.15, -0.1) is 0 Å². The van der Waals surface area contributed by atoms with Crippen LogP contribution in [0.2, 0.25) is 0 Å². The molecule has 0 amide bonds. The highest BCUT2D eigenvalue weighted by Crippen LogP contribution is 2.19. The van der Waals surface area contributed by atoms with E-state index in [1.54, 1.807) is 0 Å². The Morgan fingerprint density at radius 1 is 1.30 bits per heavy atom. The SMILES string of the molecule is CC(C)CN(CCCN)Cc1nn(C)c2ccccc12. The fourth-order valence-electron chi connectivity index (χ4n) is 2.68. The zero-order valence-corrected chi connectivity index (χ0v) is 12.8. The largest absolute Gasteiger partial charge is 0.330 e. The van der Waals surface area contributed by atoms with E-state index in [4.69, 9.17) is 5.73 Å². The molecule has 0 spiro atoms. The van der Waals surface area contributed by atoms with Gasteiger partial charge in [0.25, 0.3) is 0 Å². The predicted molar refractivity (Wildman–Crippen MR) is 84.5 cm³/mol. The molecule has 0 unspecified atom stereocenters. The van der Waals surface area contributed by atoms with Crippen LogP contribution in [-0.2, 0) is 13.6 Å². The molecular formula is C16H26N4. The van der Waals surface area contributed by atoms with Crippen molar-refractivity contribution in [1.29, 1.82) is 0 Å². The number of benzene rings is 1. The van der Waals surface area contributed by atoms with Crippen LogP contribution >= 0.6 is 0 Å². The maximum Gasteiger partial charge on any atom is 0.0843 e. The van der Waals surface area contributed by atoms with Gasteiger partial charge in [0.15, 0.2) is 0 Å². The van der Waals surface area contributed by atoms with E-state index in [1.807, 2.05) is 11.7 Å². The number of hydrogen-bond donors (Lipinski definition) is 1. The first-order valence-corrected chi connectivity index (χ1v) is 7.45. The molecule has 1 heterocycles. The van der Waals surface area contributed by atoms with Crippen LogP contribution in [-0.4, -0.2) is 34.3 Å². The van der Waals surface area contributed by atoms with Gasteiger partial charge in [0.05, 0.1) is 11.2 Å². The highest BCUT2D eigenvalue weighted by molar-refractivity contribution is 5.81. The molecule has 2 rings (SSSR count). The lowest BCUT2D eigenvalue weighted by atomic mass is 10.1. The van der Waals surface area contributed by atoms with E-state index in [0.717, 1.165) is 32.6 Å². The number of aromatic nitrogens is 2. The van der Waals surface area contributed by atoms with Gasteiger partial charge in [0, 0.05) is 25.5 Å². The van der Waals surface area contributed by atoms with Crippen LogP contribution in [0.4, 0.5) is 0 Å². The molecule has 1 aromatic heterocycles. The molecule has 20 heavy (non-hydrogen) atoms. The average Bonchev–Trinajstić information content (AvgIpc) is 2.73. The minimum absolute atomic E-state index is 0.655. The molecule has 0 saturated heterocycles. The summed E-state index contributed by atoms with van der Waals surface area (Å²) >= 11 is 0. The van der Waals surface area contributed by atoms with Gasteiger partial charge in [-0.3, -0.25) is 9.58 Å². The number of aryl methyl sites for hydroxylation is 1. The van der Waals surface area contributed by atoms with Crippen molar-refractivity contribution in [3.63, 3.8) is 0 Å². The Labute approximate surface area is 121 Å². The molecule has 0 radical (unpaired) electrons. The molecule has 1 aromatic carbocycles. The van der Waals surface area contributed by atoms with Crippen molar-refractivity contribution in [3.05, 3.63) is 30.0 Å². The summed E-state index contributed by atoms with van der Waals surface area (Å²) in [5.41, 5.74) is 8.02. The van der Waals surface area contributed by atoms with Crippen molar-refractivity contribution >= 4 is 10.9 Å². The standard InChI is InChI=1S/C16H26N4/c1-13(2)11-20(10-6-9-17)12-15-14-7-4-5-8-16(14)19(3)18-15/h4-5,7-8,13H,6,9-12,17H2,1-3H3. The molecule has 0 aliphatic rings. The molecular weight excluding hydrogens is 248 g/mol. The fourth-order valence-corrected chi connectivity index (χ4v) is 2.68. The van der Waals surface area contributed by atoms with Crippen LogP contribution in [0.3, 0.4) is 0 Å². The van der Waals surface area contributed by atoms with Crippen LogP contribution in [0.1, 0.15) is 26.0 Å². The number of para-hydroxylation sites is 1. The molecule has 4 heteroatoms. The minimum Gasteiger partial charge on any atom is -0.330 e. The lowest BCUT2D eigenvalue weighted by Crippen LogP contribution is -2.30. The minimum atomic E-state index is 0.655. The number of fused-ring (bicyclic) bond motifs is 1. The molecule has 2 aromatic rings. The molecule has 0 aliphatic heterocycles. The Morgan fingerprint density at radius 2 is 2.05 bits per heavy atom. The number of rotatable bonds is 7. The van der Waals surface area contributed by atoms with Gasteiger partial charge in [-0.1, -0.05) is 32.0 Å². The summed E-state index contributed by atoms with van der Waals surface area (Å²) in [6.07, 6.45) is 1.04. The second-order valence-corrected chi connectivity index (χ2v) is 5.86. The van der Waals surface area contributed by atoms with Crippen LogP contribution in [0.25, 0.3) is 10.9 Å². The van der Waals surface area contributed by atoms with Crippen LogP contribution < -0.4 is 5.73 Å². The van der Waals surface area contributed by atoms with E-state index in [2.05, 4.69) is 48.1 Å². The van der Waals surface area contributed by atoms with E-state index >= 15 is 0 Å². The second kappa shape index (κ2) is 6.86. The number of hydrogen-bond acceptors (Lipinski definition) is 3. The van der Waals surface area contributed by atoms with E-state index in [0.29, 0.717) is 5.92 Å². The van der Waals surface area contributed by atoms with Crippen molar-refractivity contribution in [2.75, 3.05) is 19.6 Å².